The van der Waals surface area contributed by atoms with Crippen molar-refractivity contribution in [3.05, 3.63) is 66.0 Å². The van der Waals surface area contributed by atoms with Gasteiger partial charge in [0.2, 0.25) is 0 Å². The van der Waals surface area contributed by atoms with Gasteiger partial charge in [0.05, 0.1) is 29.7 Å². The van der Waals surface area contributed by atoms with Gasteiger partial charge in [-0.25, -0.2) is 18.6 Å². The van der Waals surface area contributed by atoms with Gasteiger partial charge >= 0.3 is 13.2 Å². The number of benzene rings is 1. The van der Waals surface area contributed by atoms with Gasteiger partial charge in [-0.1, -0.05) is 6.07 Å². The molecule has 1 amide bonds. The average Bonchev–Trinajstić information content (AvgIpc) is 3.45. The van der Waals surface area contributed by atoms with Gasteiger partial charge in [-0.15, -0.1) is 0 Å². The lowest BCUT2D eigenvalue weighted by Gasteiger charge is -2.30. The lowest BCUT2D eigenvalue weighted by molar-refractivity contribution is -0.0522. The van der Waals surface area contributed by atoms with Gasteiger partial charge in [0.1, 0.15) is 5.56 Å². The van der Waals surface area contributed by atoms with E-state index in [0.717, 1.165) is 18.3 Å². The minimum Gasteiger partial charge on any atom is -0.432 e. The summed E-state index contributed by atoms with van der Waals surface area (Å²) < 4.78 is 70.7. The third-order valence-electron chi connectivity index (χ3n) is 5.20. The van der Waals surface area contributed by atoms with E-state index in [1.807, 2.05) is 0 Å². The topological polar surface area (TPSA) is 107 Å². The second kappa shape index (κ2) is 9.53. The van der Waals surface area contributed by atoms with Crippen LogP contribution in [0.4, 0.5) is 22.0 Å². The molecule has 4 rings (SSSR count). The first kappa shape index (κ1) is 25.0. The summed E-state index contributed by atoms with van der Waals surface area (Å²) in [6.07, 6.45) is 4.98. The molecular formula is C22H19F5N6O3. The number of aliphatic hydroxyl groups is 1. The molecule has 1 unspecified atom stereocenters. The van der Waals surface area contributed by atoms with Crippen LogP contribution in [0, 0.1) is 5.82 Å². The number of hydrogen-bond donors (Lipinski definition) is 2. The van der Waals surface area contributed by atoms with Gasteiger partial charge in [0.15, 0.2) is 17.2 Å². The number of fused-ring (bicyclic) bond motifs is 1. The van der Waals surface area contributed by atoms with Crippen molar-refractivity contribution in [1.29, 1.82) is 0 Å². The maximum absolute atomic E-state index is 14.3. The second-order valence-electron chi connectivity index (χ2n) is 8.25. The maximum Gasteiger partial charge on any atom is 0.387 e. The van der Waals surface area contributed by atoms with Crippen molar-refractivity contribution >= 4 is 11.6 Å². The largest absolute Gasteiger partial charge is 0.432 e. The molecular weight excluding hydrogens is 491 g/mol. The predicted octanol–water partition coefficient (Wildman–Crippen LogP) is 3.97. The molecule has 1 aromatic carbocycles. The fraction of sp³-hybridized carbons (Fsp3) is 0.273. The van der Waals surface area contributed by atoms with Crippen molar-refractivity contribution in [2.75, 3.05) is 0 Å². The first-order valence-corrected chi connectivity index (χ1v) is 10.4. The summed E-state index contributed by atoms with van der Waals surface area (Å²) >= 11 is 0. The smallest absolute Gasteiger partial charge is 0.387 e. The van der Waals surface area contributed by atoms with E-state index in [-0.39, 0.29) is 28.0 Å². The summed E-state index contributed by atoms with van der Waals surface area (Å²) in [6.45, 7) is -3.33. The van der Waals surface area contributed by atoms with E-state index in [4.69, 9.17) is 0 Å². The number of aromatic nitrogens is 5. The van der Waals surface area contributed by atoms with Crippen LogP contribution >= 0.6 is 0 Å². The summed E-state index contributed by atoms with van der Waals surface area (Å²) in [5.41, 5.74) is -0.944. The number of carbonyl (C=O) groups is 1. The number of nitrogens with one attached hydrogen (secondary N) is 1. The van der Waals surface area contributed by atoms with Crippen LogP contribution in [0.3, 0.4) is 0 Å². The number of amides is 1. The molecule has 1 atom stereocenters. The number of halogens is 5. The molecule has 0 saturated carbocycles. The van der Waals surface area contributed by atoms with Crippen LogP contribution in [0.2, 0.25) is 0 Å². The number of ether oxygens (including phenoxy) is 1. The van der Waals surface area contributed by atoms with Crippen LogP contribution in [0.1, 0.15) is 42.4 Å². The average molecular weight is 510 g/mol. The molecule has 4 aromatic rings. The van der Waals surface area contributed by atoms with E-state index in [0.29, 0.717) is 4.68 Å². The van der Waals surface area contributed by atoms with Crippen LogP contribution < -0.4 is 10.1 Å². The molecule has 0 fully saturated rings. The Labute approximate surface area is 200 Å². The fourth-order valence-corrected chi connectivity index (χ4v) is 3.53. The molecule has 3 aromatic heterocycles. The monoisotopic (exact) mass is 510 g/mol. The van der Waals surface area contributed by atoms with Crippen molar-refractivity contribution in [1.82, 2.24) is 29.7 Å². The standard InChI is InChI=1S/C22H19F5N6O3/c1-22(2,35)17(11-3-4-16(14(23)7-11)36-21(26)27)31-19(34)13-9-29-32-6-5-15(30-18(13)32)12-8-28-33(10-12)20(24)25/h3-10,17,20-21,35H,1-2H3,(H,31,34). The highest BCUT2D eigenvalue weighted by molar-refractivity contribution is 6.00. The van der Waals surface area contributed by atoms with Crippen molar-refractivity contribution < 1.29 is 36.6 Å². The van der Waals surface area contributed by atoms with E-state index >= 15 is 0 Å². The molecule has 0 bridgehead atoms. The molecule has 190 valence electrons. The zero-order chi connectivity index (χ0) is 26.2. The SMILES string of the molecule is CC(C)(O)C(NC(=O)c1cnn2ccc(-c3cnn(C(F)F)c3)nc12)c1ccc(OC(F)F)c(F)c1. The van der Waals surface area contributed by atoms with E-state index in [1.54, 1.807) is 0 Å². The Morgan fingerprint density at radius 2 is 1.89 bits per heavy atom. The second-order valence-corrected chi connectivity index (χ2v) is 8.25. The third kappa shape index (κ3) is 5.12. The van der Waals surface area contributed by atoms with Crippen LogP contribution in [0.15, 0.2) is 49.1 Å². The minimum absolute atomic E-state index is 0.0227. The molecule has 0 spiro atoms. The van der Waals surface area contributed by atoms with E-state index < -0.39 is 42.3 Å². The highest BCUT2D eigenvalue weighted by atomic mass is 19.3. The van der Waals surface area contributed by atoms with E-state index in [9.17, 15) is 31.9 Å². The maximum atomic E-state index is 14.3. The molecule has 0 saturated heterocycles. The Hall–Kier alpha value is -4.07. The lowest BCUT2D eigenvalue weighted by atomic mass is 9.91. The van der Waals surface area contributed by atoms with Crippen LogP contribution in [-0.2, 0) is 0 Å². The zero-order valence-electron chi connectivity index (χ0n) is 18.7. The first-order valence-electron chi connectivity index (χ1n) is 10.4. The van der Waals surface area contributed by atoms with Crippen LogP contribution in [0.5, 0.6) is 5.75 Å². The molecule has 0 aliphatic rings. The Bertz CT molecular complexity index is 1400. The van der Waals surface area contributed by atoms with Gasteiger partial charge < -0.3 is 15.2 Å². The van der Waals surface area contributed by atoms with E-state index in [2.05, 4.69) is 25.2 Å². The summed E-state index contributed by atoms with van der Waals surface area (Å²) in [5, 5.41) is 20.8. The lowest BCUT2D eigenvalue weighted by Crippen LogP contribution is -2.42. The normalized spacial score (nSPS) is 12.9. The number of alkyl halides is 4. The van der Waals surface area contributed by atoms with Gasteiger partial charge in [-0.2, -0.15) is 27.8 Å². The Morgan fingerprint density at radius 1 is 1.14 bits per heavy atom. The highest BCUT2D eigenvalue weighted by Crippen LogP contribution is 2.30. The third-order valence-corrected chi connectivity index (χ3v) is 5.20. The molecule has 2 N–H and O–H groups in total. The van der Waals surface area contributed by atoms with Crippen LogP contribution in [-0.4, -0.2) is 47.6 Å². The molecule has 0 aliphatic heterocycles. The molecule has 14 heteroatoms. The number of carbonyl (C=O) groups excluding carboxylic acids is 1. The Kier molecular flexibility index (Phi) is 6.63. The number of hydrogen-bond acceptors (Lipinski definition) is 6. The molecule has 9 nitrogen and oxygen atoms in total. The van der Waals surface area contributed by atoms with Crippen molar-refractivity contribution in [2.24, 2.45) is 0 Å². The fourth-order valence-electron chi connectivity index (χ4n) is 3.53. The van der Waals surface area contributed by atoms with Crippen molar-refractivity contribution in [2.45, 2.75) is 38.7 Å². The first-order chi connectivity index (χ1) is 16.9. The molecule has 0 aliphatic carbocycles. The summed E-state index contributed by atoms with van der Waals surface area (Å²) in [5.74, 6) is -2.54. The summed E-state index contributed by atoms with van der Waals surface area (Å²) in [7, 11) is 0. The molecule has 0 radical (unpaired) electrons. The Morgan fingerprint density at radius 3 is 2.50 bits per heavy atom. The number of nitrogens with zero attached hydrogens (tertiary/aromatic N) is 5. The Balaban J connectivity index is 1.65. The molecule has 3 heterocycles. The van der Waals surface area contributed by atoms with Gasteiger partial charge in [0.25, 0.3) is 5.91 Å². The summed E-state index contributed by atoms with van der Waals surface area (Å²) in [4.78, 5) is 17.5. The van der Waals surface area contributed by atoms with Crippen LogP contribution in [0.25, 0.3) is 16.9 Å². The summed E-state index contributed by atoms with van der Waals surface area (Å²) in [6, 6.07) is 3.39. The molecule has 36 heavy (non-hydrogen) atoms. The zero-order valence-corrected chi connectivity index (χ0v) is 18.7. The van der Waals surface area contributed by atoms with Crippen molar-refractivity contribution in [3.63, 3.8) is 0 Å². The predicted molar refractivity (Wildman–Crippen MR) is 115 cm³/mol. The quantitative estimate of drug-likeness (QED) is 0.348. The van der Waals surface area contributed by atoms with Gasteiger partial charge in [0, 0.05) is 18.0 Å². The van der Waals surface area contributed by atoms with Gasteiger partial charge in [-0.05, 0) is 37.6 Å². The minimum atomic E-state index is -3.23. The number of rotatable bonds is 8. The highest BCUT2D eigenvalue weighted by Gasteiger charge is 2.32. The van der Waals surface area contributed by atoms with Crippen molar-refractivity contribution in [3.8, 4) is 17.0 Å². The van der Waals surface area contributed by atoms with E-state index in [1.165, 1.54) is 49.1 Å². The van der Waals surface area contributed by atoms with Gasteiger partial charge in [-0.3, -0.25) is 4.79 Å².